The number of carbonyl (C=O) groups excluding carboxylic acids is 1. The van der Waals surface area contributed by atoms with Crippen LogP contribution in [0.5, 0.6) is 0 Å². The molecule has 19 heavy (non-hydrogen) atoms. The fourth-order valence-electron chi connectivity index (χ4n) is 2.51. The van der Waals surface area contributed by atoms with E-state index in [1.165, 1.54) is 6.42 Å². The van der Waals surface area contributed by atoms with Crippen LogP contribution in [0.2, 0.25) is 5.02 Å². The summed E-state index contributed by atoms with van der Waals surface area (Å²) < 4.78 is 0. The van der Waals surface area contributed by atoms with Crippen molar-refractivity contribution >= 4 is 17.6 Å². The van der Waals surface area contributed by atoms with Gasteiger partial charge in [-0.1, -0.05) is 29.8 Å². The topological polar surface area (TPSA) is 32.3 Å². The molecule has 1 unspecified atom stereocenters. The molecule has 1 heterocycles. The van der Waals surface area contributed by atoms with Crippen molar-refractivity contribution in [1.82, 2.24) is 10.2 Å². The lowest BCUT2D eigenvalue weighted by molar-refractivity contribution is 0.158. The second-order valence-corrected chi connectivity index (χ2v) is 5.52. The summed E-state index contributed by atoms with van der Waals surface area (Å²) in [5.41, 5.74) is 1.08. The molecule has 1 fully saturated rings. The highest BCUT2D eigenvalue weighted by Gasteiger charge is 2.22. The molecular weight excluding hydrogens is 260 g/mol. The van der Waals surface area contributed by atoms with Gasteiger partial charge in [0.25, 0.3) is 0 Å². The Morgan fingerprint density at radius 2 is 2.21 bits per heavy atom. The van der Waals surface area contributed by atoms with Crippen molar-refractivity contribution in [2.75, 3.05) is 13.1 Å². The predicted molar refractivity (Wildman–Crippen MR) is 78.6 cm³/mol. The molecule has 0 aromatic heterocycles. The molecule has 1 aromatic rings. The molecule has 4 heteroatoms. The molecule has 3 nitrogen and oxygen atoms in total. The Morgan fingerprint density at radius 3 is 2.95 bits per heavy atom. The van der Waals surface area contributed by atoms with Crippen LogP contribution in [0, 0.1) is 0 Å². The number of nitrogens with zero attached hydrogens (tertiary/aromatic N) is 1. The second kappa shape index (κ2) is 6.80. The van der Waals surface area contributed by atoms with Gasteiger partial charge < -0.3 is 10.2 Å². The van der Waals surface area contributed by atoms with E-state index in [0.717, 1.165) is 36.4 Å². The number of urea groups is 1. The van der Waals surface area contributed by atoms with Crippen molar-refractivity contribution in [3.8, 4) is 0 Å². The number of halogens is 1. The average molecular weight is 281 g/mol. The number of hydrogen-bond acceptors (Lipinski definition) is 1. The van der Waals surface area contributed by atoms with E-state index in [1.54, 1.807) is 0 Å². The highest BCUT2D eigenvalue weighted by molar-refractivity contribution is 6.31. The summed E-state index contributed by atoms with van der Waals surface area (Å²) in [6, 6.07) is 8.17. The molecular formula is C15H21ClN2O. The fourth-order valence-corrected chi connectivity index (χ4v) is 2.74. The van der Waals surface area contributed by atoms with E-state index < -0.39 is 0 Å². The lowest BCUT2D eigenvalue weighted by Crippen LogP contribution is -2.47. The summed E-state index contributed by atoms with van der Waals surface area (Å²) in [6.45, 7) is 3.62. The Hall–Kier alpha value is -1.22. The monoisotopic (exact) mass is 280 g/mol. The lowest BCUT2D eigenvalue weighted by Gasteiger charge is -2.33. The average Bonchev–Trinajstić information content (AvgIpc) is 2.41. The Labute approximate surface area is 119 Å². The van der Waals surface area contributed by atoms with Crippen LogP contribution in [-0.2, 0) is 6.42 Å². The van der Waals surface area contributed by atoms with E-state index in [4.69, 9.17) is 11.6 Å². The molecule has 0 bridgehead atoms. The van der Waals surface area contributed by atoms with Gasteiger partial charge in [0.2, 0.25) is 0 Å². The van der Waals surface area contributed by atoms with Crippen LogP contribution in [0.3, 0.4) is 0 Å². The summed E-state index contributed by atoms with van der Waals surface area (Å²) in [7, 11) is 0. The SMILES string of the molecule is CC1CCCCN1C(=O)NCCc1ccccc1Cl. The maximum absolute atomic E-state index is 12.1. The Morgan fingerprint density at radius 1 is 1.42 bits per heavy atom. The number of carbonyl (C=O) groups is 1. The molecule has 2 amide bonds. The van der Waals surface area contributed by atoms with Gasteiger partial charge >= 0.3 is 6.03 Å². The Bertz CT molecular complexity index is 436. The van der Waals surface area contributed by atoms with Gasteiger partial charge in [-0.2, -0.15) is 0 Å². The maximum Gasteiger partial charge on any atom is 0.317 e. The number of nitrogens with one attached hydrogen (secondary N) is 1. The summed E-state index contributed by atoms with van der Waals surface area (Å²) in [5, 5.41) is 3.75. The number of rotatable bonds is 3. The van der Waals surface area contributed by atoms with Crippen molar-refractivity contribution in [3.63, 3.8) is 0 Å². The van der Waals surface area contributed by atoms with Gasteiger partial charge in [-0.05, 0) is 44.2 Å². The molecule has 0 saturated carbocycles. The van der Waals surface area contributed by atoms with Crippen molar-refractivity contribution in [1.29, 1.82) is 0 Å². The molecule has 1 atom stereocenters. The van der Waals surface area contributed by atoms with Crippen LogP contribution in [0.25, 0.3) is 0 Å². The van der Waals surface area contributed by atoms with Gasteiger partial charge in [-0.3, -0.25) is 0 Å². The smallest absolute Gasteiger partial charge is 0.317 e. The van der Waals surface area contributed by atoms with Crippen molar-refractivity contribution in [3.05, 3.63) is 34.9 Å². The maximum atomic E-state index is 12.1. The van der Waals surface area contributed by atoms with Crippen LogP contribution < -0.4 is 5.32 Å². The van der Waals surface area contributed by atoms with Crippen LogP contribution in [-0.4, -0.2) is 30.1 Å². The summed E-state index contributed by atoms with van der Waals surface area (Å²) in [4.78, 5) is 14.0. The molecule has 104 valence electrons. The molecule has 1 aromatic carbocycles. The first kappa shape index (κ1) is 14.2. The van der Waals surface area contributed by atoms with Gasteiger partial charge in [-0.15, -0.1) is 0 Å². The van der Waals surface area contributed by atoms with Gasteiger partial charge in [0.1, 0.15) is 0 Å². The van der Waals surface area contributed by atoms with Crippen LogP contribution in [0.15, 0.2) is 24.3 Å². The van der Waals surface area contributed by atoms with Crippen LogP contribution >= 0.6 is 11.6 Å². The number of likely N-dealkylation sites (tertiary alicyclic amines) is 1. The second-order valence-electron chi connectivity index (χ2n) is 5.11. The number of amides is 2. The first-order chi connectivity index (χ1) is 9.18. The van der Waals surface area contributed by atoms with E-state index in [9.17, 15) is 4.79 Å². The van der Waals surface area contributed by atoms with Crippen molar-refractivity contribution < 1.29 is 4.79 Å². The summed E-state index contributed by atoms with van der Waals surface area (Å²) >= 11 is 6.09. The molecule has 1 aliphatic heterocycles. The van der Waals surface area contributed by atoms with Crippen LogP contribution in [0.4, 0.5) is 4.79 Å². The first-order valence-electron chi connectivity index (χ1n) is 6.96. The minimum atomic E-state index is 0.0549. The first-order valence-corrected chi connectivity index (χ1v) is 7.34. The molecule has 1 aliphatic rings. The highest BCUT2D eigenvalue weighted by atomic mass is 35.5. The molecule has 2 rings (SSSR count). The molecule has 1 N–H and O–H groups in total. The Kier molecular flexibility index (Phi) is 5.08. The molecule has 0 aliphatic carbocycles. The third-order valence-electron chi connectivity index (χ3n) is 3.69. The largest absolute Gasteiger partial charge is 0.338 e. The quantitative estimate of drug-likeness (QED) is 0.903. The lowest BCUT2D eigenvalue weighted by atomic mass is 10.0. The predicted octanol–water partition coefficient (Wildman–Crippen LogP) is 3.47. The van der Waals surface area contributed by atoms with Crippen molar-refractivity contribution in [2.24, 2.45) is 0 Å². The Balaban J connectivity index is 1.79. The van der Waals surface area contributed by atoms with Gasteiger partial charge in [0, 0.05) is 24.2 Å². The van der Waals surface area contributed by atoms with Crippen molar-refractivity contribution in [2.45, 2.75) is 38.6 Å². The van der Waals surface area contributed by atoms with E-state index in [-0.39, 0.29) is 6.03 Å². The van der Waals surface area contributed by atoms with Gasteiger partial charge in [-0.25, -0.2) is 4.79 Å². The molecule has 0 radical (unpaired) electrons. The highest BCUT2D eigenvalue weighted by Crippen LogP contribution is 2.17. The third kappa shape index (κ3) is 3.87. The minimum Gasteiger partial charge on any atom is -0.338 e. The number of hydrogen-bond donors (Lipinski definition) is 1. The van der Waals surface area contributed by atoms with E-state index in [1.807, 2.05) is 29.2 Å². The summed E-state index contributed by atoms with van der Waals surface area (Å²) in [6.07, 6.45) is 4.22. The minimum absolute atomic E-state index is 0.0549. The number of benzene rings is 1. The number of piperidine rings is 1. The summed E-state index contributed by atoms with van der Waals surface area (Å²) in [5.74, 6) is 0. The zero-order chi connectivity index (χ0) is 13.7. The normalized spacial score (nSPS) is 19.3. The zero-order valence-electron chi connectivity index (χ0n) is 11.4. The van der Waals surface area contributed by atoms with Gasteiger partial charge in [0.15, 0.2) is 0 Å². The zero-order valence-corrected chi connectivity index (χ0v) is 12.1. The standard InChI is InChI=1S/C15H21ClN2O/c1-12-6-4-5-11-18(12)15(19)17-10-9-13-7-2-3-8-14(13)16/h2-3,7-8,12H,4-6,9-11H2,1H3,(H,17,19). The van der Waals surface area contributed by atoms with E-state index >= 15 is 0 Å². The molecule has 1 saturated heterocycles. The van der Waals surface area contributed by atoms with E-state index in [2.05, 4.69) is 12.2 Å². The third-order valence-corrected chi connectivity index (χ3v) is 4.06. The van der Waals surface area contributed by atoms with Gasteiger partial charge in [0.05, 0.1) is 0 Å². The molecule has 0 spiro atoms. The fraction of sp³-hybridized carbons (Fsp3) is 0.533. The van der Waals surface area contributed by atoms with E-state index in [0.29, 0.717) is 12.6 Å². The van der Waals surface area contributed by atoms with Crippen LogP contribution in [0.1, 0.15) is 31.7 Å².